The highest BCUT2D eigenvalue weighted by molar-refractivity contribution is 5.86. The van der Waals surface area contributed by atoms with Crippen LogP contribution in [0.15, 0.2) is 11.6 Å². The highest BCUT2D eigenvalue weighted by atomic mass is 16.1. The normalized spacial score (nSPS) is 29.1. The van der Waals surface area contributed by atoms with Crippen LogP contribution < -0.4 is 0 Å². The van der Waals surface area contributed by atoms with E-state index in [0.717, 1.165) is 12.8 Å². The Labute approximate surface area is 99.1 Å². The lowest BCUT2D eigenvalue weighted by Gasteiger charge is -2.38. The molecule has 92 valence electrons. The third-order valence-electron chi connectivity index (χ3n) is 3.67. The number of carbonyl (C=O) groups is 2. The fourth-order valence-corrected chi connectivity index (χ4v) is 2.39. The van der Waals surface area contributed by atoms with Crippen LogP contribution in [0.4, 0.5) is 0 Å². The van der Waals surface area contributed by atoms with Gasteiger partial charge in [0.1, 0.15) is 12.6 Å². The van der Waals surface area contributed by atoms with Crippen LogP contribution in [0.3, 0.4) is 0 Å². The van der Waals surface area contributed by atoms with E-state index in [4.69, 9.17) is 4.79 Å². The highest BCUT2D eigenvalue weighted by Crippen LogP contribution is 2.41. The maximum atomic E-state index is 12.1. The van der Waals surface area contributed by atoms with Crippen LogP contribution in [-0.4, -0.2) is 12.6 Å². The van der Waals surface area contributed by atoms with Crippen LogP contribution in [0.2, 0.25) is 0 Å². The number of hydrogen-bond donors (Lipinski definition) is 0. The first kappa shape index (κ1) is 15.1. The van der Waals surface area contributed by atoms with Gasteiger partial charge in [0, 0.05) is 11.3 Å². The van der Waals surface area contributed by atoms with E-state index in [2.05, 4.69) is 26.8 Å². The van der Waals surface area contributed by atoms with Crippen LogP contribution in [0.5, 0.6) is 0 Å². The minimum absolute atomic E-state index is 0.117. The molecule has 0 saturated carbocycles. The summed E-state index contributed by atoms with van der Waals surface area (Å²) in [6.45, 7) is 12.5. The summed E-state index contributed by atoms with van der Waals surface area (Å²) in [5.74, 6) is 0.981. The van der Waals surface area contributed by atoms with Crippen molar-refractivity contribution in [1.29, 1.82) is 0 Å². The molecule has 1 aliphatic carbocycles. The van der Waals surface area contributed by atoms with Crippen molar-refractivity contribution in [1.82, 2.24) is 0 Å². The highest BCUT2D eigenvalue weighted by Gasteiger charge is 2.40. The molecule has 0 radical (unpaired) electrons. The predicted octanol–water partition coefficient (Wildman–Crippen LogP) is 3.41. The molecule has 1 rings (SSSR count). The van der Waals surface area contributed by atoms with E-state index < -0.39 is 0 Å². The zero-order chi connectivity index (χ0) is 12.9. The zero-order valence-corrected chi connectivity index (χ0v) is 11.2. The lowest BCUT2D eigenvalue weighted by molar-refractivity contribution is -0.133. The summed E-state index contributed by atoms with van der Waals surface area (Å²) >= 11 is 0. The van der Waals surface area contributed by atoms with E-state index in [1.54, 1.807) is 0 Å². The van der Waals surface area contributed by atoms with Crippen molar-refractivity contribution in [2.45, 2.75) is 47.5 Å². The van der Waals surface area contributed by atoms with Crippen LogP contribution in [0.1, 0.15) is 47.5 Å². The molecule has 0 saturated heterocycles. The van der Waals surface area contributed by atoms with Crippen molar-refractivity contribution in [3.63, 3.8) is 0 Å². The predicted molar refractivity (Wildman–Crippen MR) is 67.2 cm³/mol. The molecule has 0 amide bonds. The van der Waals surface area contributed by atoms with Gasteiger partial charge in [0.15, 0.2) is 0 Å². The molecule has 16 heavy (non-hydrogen) atoms. The van der Waals surface area contributed by atoms with Gasteiger partial charge in [-0.05, 0) is 25.7 Å². The van der Waals surface area contributed by atoms with Crippen molar-refractivity contribution in [2.24, 2.45) is 17.3 Å². The molecule has 0 bridgehead atoms. The summed E-state index contributed by atoms with van der Waals surface area (Å²) in [6, 6.07) is 0. The summed E-state index contributed by atoms with van der Waals surface area (Å²) < 4.78 is 0. The molecule has 0 N–H and O–H groups in total. The lowest BCUT2D eigenvalue weighted by atomic mass is 9.65. The quantitative estimate of drug-likeness (QED) is 0.674. The Morgan fingerprint density at radius 3 is 2.38 bits per heavy atom. The van der Waals surface area contributed by atoms with E-state index in [0.29, 0.717) is 11.7 Å². The number of ketones is 1. The first-order valence-corrected chi connectivity index (χ1v) is 5.88. The largest absolute Gasteiger partial charge is 0.307 e. The summed E-state index contributed by atoms with van der Waals surface area (Å²) in [5.41, 5.74) is 1.32. The fourth-order valence-electron chi connectivity index (χ4n) is 2.39. The third-order valence-corrected chi connectivity index (χ3v) is 3.67. The molecule has 2 nitrogen and oxygen atoms in total. The number of allylic oxidation sites excluding steroid dienone is 2. The number of rotatable bonds is 2. The second kappa shape index (κ2) is 5.97. The van der Waals surface area contributed by atoms with E-state index in [9.17, 15) is 4.79 Å². The fraction of sp³-hybridized carbons (Fsp3) is 0.714. The maximum Gasteiger partial charge on any atom is 0.141 e. The van der Waals surface area contributed by atoms with Crippen LogP contribution in [-0.2, 0) is 9.59 Å². The van der Waals surface area contributed by atoms with Gasteiger partial charge in [0.2, 0.25) is 0 Å². The monoisotopic (exact) mass is 224 g/mol. The van der Waals surface area contributed by atoms with E-state index in [1.807, 2.05) is 20.6 Å². The Morgan fingerprint density at radius 2 is 2.00 bits per heavy atom. The van der Waals surface area contributed by atoms with Gasteiger partial charge in [-0.1, -0.05) is 39.3 Å². The number of Topliss-reactive ketones (excluding diaryl/α,β-unsaturated/α-hetero) is 1. The van der Waals surface area contributed by atoms with Crippen molar-refractivity contribution in [3.05, 3.63) is 11.6 Å². The minimum atomic E-state index is -0.117. The van der Waals surface area contributed by atoms with Gasteiger partial charge < -0.3 is 4.79 Å². The van der Waals surface area contributed by atoms with Crippen molar-refractivity contribution in [3.8, 4) is 0 Å². The van der Waals surface area contributed by atoms with Gasteiger partial charge in [0.25, 0.3) is 0 Å². The van der Waals surface area contributed by atoms with Crippen LogP contribution in [0.25, 0.3) is 0 Å². The molecule has 0 aromatic carbocycles. The molecule has 0 aromatic heterocycles. The maximum absolute atomic E-state index is 12.1. The summed E-state index contributed by atoms with van der Waals surface area (Å²) in [4.78, 5) is 20.1. The molecule has 0 aromatic rings. The van der Waals surface area contributed by atoms with Crippen molar-refractivity contribution in [2.75, 3.05) is 0 Å². The molecule has 2 heteroatoms. The molecule has 0 spiro atoms. The van der Waals surface area contributed by atoms with Gasteiger partial charge in [-0.25, -0.2) is 0 Å². The van der Waals surface area contributed by atoms with Gasteiger partial charge in [-0.15, -0.1) is 0 Å². The van der Waals surface area contributed by atoms with Crippen molar-refractivity contribution < 1.29 is 9.59 Å². The molecular weight excluding hydrogens is 200 g/mol. The Balaban J connectivity index is 0.00000106. The summed E-state index contributed by atoms with van der Waals surface area (Å²) in [6.07, 6.45) is 4.37. The molecule has 0 fully saturated rings. The van der Waals surface area contributed by atoms with Gasteiger partial charge in [0.05, 0.1) is 0 Å². The Bertz CT molecular complexity index is 278. The average Bonchev–Trinajstić information content (AvgIpc) is 2.26. The van der Waals surface area contributed by atoms with Crippen molar-refractivity contribution >= 4 is 12.6 Å². The van der Waals surface area contributed by atoms with Gasteiger partial charge in [-0.2, -0.15) is 0 Å². The second-order valence-electron chi connectivity index (χ2n) is 5.24. The Morgan fingerprint density at radius 1 is 1.50 bits per heavy atom. The van der Waals surface area contributed by atoms with E-state index >= 15 is 0 Å². The first-order valence-electron chi connectivity index (χ1n) is 5.88. The second-order valence-corrected chi connectivity index (χ2v) is 5.24. The number of hydrogen-bond acceptors (Lipinski definition) is 2. The van der Waals surface area contributed by atoms with Crippen LogP contribution >= 0.6 is 0 Å². The van der Waals surface area contributed by atoms with E-state index in [-0.39, 0.29) is 11.3 Å². The molecule has 2 unspecified atom stereocenters. The molecule has 0 heterocycles. The SMILES string of the molecule is C=O.CC1=CC(C)C(C)(C(=O)C(C)C)CC1. The first-order chi connectivity index (χ1) is 7.38. The lowest BCUT2D eigenvalue weighted by Crippen LogP contribution is -2.38. The standard InChI is InChI=1S/C13H22O.CH2O/c1-9(2)12(14)13(5)7-6-10(3)8-11(13)4;1-2/h8-9,11H,6-7H2,1-5H3;1H2. The number of carbonyl (C=O) groups excluding carboxylic acids is 2. The smallest absolute Gasteiger partial charge is 0.141 e. The average molecular weight is 224 g/mol. The molecule has 1 aliphatic rings. The summed E-state index contributed by atoms with van der Waals surface area (Å²) in [5, 5.41) is 0. The van der Waals surface area contributed by atoms with Gasteiger partial charge >= 0.3 is 0 Å². The van der Waals surface area contributed by atoms with Gasteiger partial charge in [-0.3, -0.25) is 4.79 Å². The Hall–Kier alpha value is -0.920. The van der Waals surface area contributed by atoms with E-state index in [1.165, 1.54) is 5.57 Å². The Kier molecular flexibility index (Phi) is 5.63. The zero-order valence-electron chi connectivity index (χ0n) is 11.2. The van der Waals surface area contributed by atoms with Crippen LogP contribution in [0, 0.1) is 17.3 Å². The third kappa shape index (κ3) is 3.03. The molecule has 0 aliphatic heterocycles. The molecule has 2 atom stereocenters. The summed E-state index contributed by atoms with van der Waals surface area (Å²) in [7, 11) is 0. The topological polar surface area (TPSA) is 34.1 Å². The molecular formula is C14H24O2. The minimum Gasteiger partial charge on any atom is -0.307 e.